The van der Waals surface area contributed by atoms with Crippen LogP contribution in [0, 0.1) is 0 Å². The van der Waals surface area contributed by atoms with E-state index in [1.807, 2.05) is 0 Å². The van der Waals surface area contributed by atoms with Crippen molar-refractivity contribution in [3.63, 3.8) is 0 Å². The van der Waals surface area contributed by atoms with Gasteiger partial charge in [0.05, 0.1) is 19.5 Å². The van der Waals surface area contributed by atoms with Gasteiger partial charge in [-0.25, -0.2) is 9.13 Å². The molecule has 160 valence electrons. The molecule has 2 nitrogen and oxygen atoms in total. The molecule has 0 aliphatic heterocycles. The highest BCUT2D eigenvalue weighted by Gasteiger charge is 2.24. The van der Waals surface area contributed by atoms with Crippen LogP contribution >= 0.6 is 0 Å². The average Bonchev–Trinajstić information content (AvgIpc) is 3.09. The number of aryl methyl sites for hydroxylation is 1. The maximum absolute atomic E-state index is 2.64. The standard InChI is InChI=1S/C28H39N2/c1-4-6-14-19-29-23-27(21-24(3)26-17-12-9-13-18-26)30(20-7-5-2)28(29)22-25-15-10-8-11-16-25/h8-13,15-18,23-24H,4-7,14,19-22H2,1-3H3/q+1. The van der Waals surface area contributed by atoms with Crippen LogP contribution in [0.3, 0.4) is 0 Å². The fourth-order valence-electron chi connectivity index (χ4n) is 4.31. The second-order valence-electron chi connectivity index (χ2n) is 8.62. The molecule has 0 aliphatic carbocycles. The van der Waals surface area contributed by atoms with E-state index >= 15 is 0 Å². The lowest BCUT2D eigenvalue weighted by Crippen LogP contribution is -2.41. The first-order valence-corrected chi connectivity index (χ1v) is 11.9. The van der Waals surface area contributed by atoms with Gasteiger partial charge in [-0.15, -0.1) is 0 Å². The van der Waals surface area contributed by atoms with Crippen LogP contribution in [-0.4, -0.2) is 4.57 Å². The Hall–Kier alpha value is -2.35. The second-order valence-corrected chi connectivity index (χ2v) is 8.62. The van der Waals surface area contributed by atoms with Crippen LogP contribution in [0.2, 0.25) is 0 Å². The van der Waals surface area contributed by atoms with Gasteiger partial charge in [0.25, 0.3) is 5.82 Å². The molecule has 0 amide bonds. The third-order valence-corrected chi connectivity index (χ3v) is 6.12. The Balaban J connectivity index is 1.93. The van der Waals surface area contributed by atoms with Crippen molar-refractivity contribution in [1.82, 2.24) is 4.57 Å². The van der Waals surface area contributed by atoms with Crippen molar-refractivity contribution in [3.05, 3.63) is 89.5 Å². The van der Waals surface area contributed by atoms with E-state index in [0.717, 1.165) is 25.9 Å². The summed E-state index contributed by atoms with van der Waals surface area (Å²) in [6, 6.07) is 21.9. The monoisotopic (exact) mass is 403 g/mol. The first-order valence-electron chi connectivity index (χ1n) is 11.9. The molecule has 0 saturated carbocycles. The molecule has 1 atom stereocenters. The van der Waals surface area contributed by atoms with Gasteiger partial charge in [-0.2, -0.15) is 0 Å². The lowest BCUT2D eigenvalue weighted by Gasteiger charge is -2.11. The molecule has 0 radical (unpaired) electrons. The van der Waals surface area contributed by atoms with Gasteiger partial charge < -0.3 is 0 Å². The Labute approximate surface area is 183 Å². The smallest absolute Gasteiger partial charge is 0.234 e. The zero-order valence-electron chi connectivity index (χ0n) is 19.2. The minimum atomic E-state index is 0.523. The predicted octanol–water partition coefficient (Wildman–Crippen LogP) is 6.70. The van der Waals surface area contributed by atoms with Gasteiger partial charge >= 0.3 is 0 Å². The van der Waals surface area contributed by atoms with Crippen molar-refractivity contribution < 1.29 is 4.57 Å². The van der Waals surface area contributed by atoms with E-state index in [-0.39, 0.29) is 0 Å². The lowest BCUT2D eigenvalue weighted by atomic mass is 9.96. The maximum Gasteiger partial charge on any atom is 0.261 e. The van der Waals surface area contributed by atoms with Gasteiger partial charge in [0.15, 0.2) is 0 Å². The summed E-state index contributed by atoms with van der Waals surface area (Å²) < 4.78 is 5.20. The predicted molar refractivity (Wildman–Crippen MR) is 127 cm³/mol. The third-order valence-electron chi connectivity index (χ3n) is 6.12. The van der Waals surface area contributed by atoms with Crippen LogP contribution in [0.15, 0.2) is 66.9 Å². The van der Waals surface area contributed by atoms with E-state index in [1.165, 1.54) is 54.7 Å². The Morgan fingerprint density at radius 1 is 0.833 bits per heavy atom. The molecule has 1 aromatic heterocycles. The molecule has 3 aromatic rings. The van der Waals surface area contributed by atoms with Crippen LogP contribution in [0.25, 0.3) is 0 Å². The van der Waals surface area contributed by atoms with E-state index in [9.17, 15) is 0 Å². The quantitative estimate of drug-likeness (QED) is 0.235. The molecule has 0 bridgehead atoms. The zero-order chi connectivity index (χ0) is 21.2. The summed E-state index contributed by atoms with van der Waals surface area (Å²) in [6.07, 6.45) is 10.9. The normalized spacial score (nSPS) is 12.2. The lowest BCUT2D eigenvalue weighted by molar-refractivity contribution is -0.710. The summed E-state index contributed by atoms with van der Waals surface area (Å²) >= 11 is 0. The number of imidazole rings is 1. The van der Waals surface area contributed by atoms with Gasteiger partial charge in [0.1, 0.15) is 11.9 Å². The molecule has 0 N–H and O–H groups in total. The van der Waals surface area contributed by atoms with Crippen LogP contribution < -0.4 is 4.57 Å². The topological polar surface area (TPSA) is 8.81 Å². The van der Waals surface area contributed by atoms with E-state index in [0.29, 0.717) is 5.92 Å². The van der Waals surface area contributed by atoms with Crippen molar-refractivity contribution in [3.8, 4) is 0 Å². The second kappa shape index (κ2) is 11.7. The summed E-state index contributed by atoms with van der Waals surface area (Å²) in [5.74, 6) is 2.00. The molecule has 1 unspecified atom stereocenters. The van der Waals surface area contributed by atoms with Gasteiger partial charge in [-0.3, -0.25) is 0 Å². The van der Waals surface area contributed by atoms with Crippen molar-refractivity contribution >= 4 is 0 Å². The molecule has 0 aliphatic rings. The molecule has 3 rings (SSSR count). The number of hydrogen-bond donors (Lipinski definition) is 0. The largest absolute Gasteiger partial charge is 0.261 e. The number of aromatic nitrogens is 2. The van der Waals surface area contributed by atoms with Gasteiger partial charge in [0.2, 0.25) is 0 Å². The van der Waals surface area contributed by atoms with Gasteiger partial charge in [0, 0.05) is 6.42 Å². The summed E-state index contributed by atoms with van der Waals surface area (Å²) in [5, 5.41) is 0. The fourth-order valence-corrected chi connectivity index (χ4v) is 4.31. The molecule has 0 spiro atoms. The number of unbranched alkanes of at least 4 members (excludes halogenated alkanes) is 3. The van der Waals surface area contributed by atoms with E-state index < -0.39 is 0 Å². The van der Waals surface area contributed by atoms with Crippen LogP contribution in [0.4, 0.5) is 0 Å². The van der Waals surface area contributed by atoms with Crippen LogP contribution in [-0.2, 0) is 25.9 Å². The number of benzene rings is 2. The minimum Gasteiger partial charge on any atom is -0.234 e. The summed E-state index contributed by atoms with van der Waals surface area (Å²) in [6.45, 7) is 9.19. The van der Waals surface area contributed by atoms with E-state index in [2.05, 4.69) is 96.8 Å². The minimum absolute atomic E-state index is 0.523. The van der Waals surface area contributed by atoms with Crippen molar-refractivity contribution in [2.75, 3.05) is 0 Å². The number of hydrogen-bond acceptors (Lipinski definition) is 0. The summed E-state index contributed by atoms with van der Waals surface area (Å²) in [4.78, 5) is 0. The van der Waals surface area contributed by atoms with Crippen molar-refractivity contribution in [2.45, 2.75) is 84.7 Å². The van der Waals surface area contributed by atoms with E-state index in [1.54, 1.807) is 0 Å². The molecular weight excluding hydrogens is 364 g/mol. The van der Waals surface area contributed by atoms with Crippen molar-refractivity contribution in [1.29, 1.82) is 0 Å². The zero-order valence-corrected chi connectivity index (χ0v) is 19.2. The Bertz CT molecular complexity index is 864. The van der Waals surface area contributed by atoms with Crippen LogP contribution in [0.1, 0.15) is 81.4 Å². The molecule has 0 fully saturated rings. The Morgan fingerprint density at radius 3 is 2.17 bits per heavy atom. The van der Waals surface area contributed by atoms with E-state index in [4.69, 9.17) is 0 Å². The molecule has 2 aromatic carbocycles. The molecule has 2 heteroatoms. The highest BCUT2D eigenvalue weighted by molar-refractivity contribution is 5.21. The van der Waals surface area contributed by atoms with Gasteiger partial charge in [-0.05, 0) is 36.3 Å². The molecule has 0 saturated heterocycles. The summed E-state index contributed by atoms with van der Waals surface area (Å²) in [7, 11) is 0. The summed E-state index contributed by atoms with van der Waals surface area (Å²) in [5.41, 5.74) is 4.32. The number of nitrogens with zero attached hydrogens (tertiary/aromatic N) is 2. The maximum atomic E-state index is 2.64. The Kier molecular flexibility index (Phi) is 8.74. The SMILES string of the molecule is CCCCCn1cc(CC(C)c2ccccc2)[n+](CCCC)c1Cc1ccccc1. The fraction of sp³-hybridized carbons (Fsp3) is 0.464. The highest BCUT2D eigenvalue weighted by Crippen LogP contribution is 2.21. The number of rotatable bonds is 12. The first-order chi connectivity index (χ1) is 14.7. The van der Waals surface area contributed by atoms with Gasteiger partial charge in [-0.1, -0.05) is 94.3 Å². The molecule has 30 heavy (non-hydrogen) atoms. The average molecular weight is 404 g/mol. The highest BCUT2D eigenvalue weighted by atomic mass is 15.2. The third kappa shape index (κ3) is 6.08. The first kappa shape index (κ1) is 22.3. The van der Waals surface area contributed by atoms with Crippen molar-refractivity contribution in [2.24, 2.45) is 0 Å². The Morgan fingerprint density at radius 2 is 1.50 bits per heavy atom. The van der Waals surface area contributed by atoms with Crippen LogP contribution in [0.5, 0.6) is 0 Å². The molecular formula is C28H39N2+. The molecule has 1 heterocycles.